The van der Waals surface area contributed by atoms with Crippen LogP contribution in [0, 0.1) is 13.8 Å². The molecule has 31 heavy (non-hydrogen) atoms. The van der Waals surface area contributed by atoms with Gasteiger partial charge in [-0.15, -0.1) is 0 Å². The molecule has 0 aliphatic carbocycles. The second-order valence-corrected chi connectivity index (χ2v) is 7.75. The minimum absolute atomic E-state index is 0.172. The molecule has 0 atom stereocenters. The molecule has 0 aromatic heterocycles. The van der Waals surface area contributed by atoms with Crippen molar-refractivity contribution < 1.29 is 19.1 Å². The lowest BCUT2D eigenvalue weighted by Crippen LogP contribution is -2.24. The number of ether oxygens (including phenoxy) is 2. The van der Waals surface area contributed by atoms with E-state index in [1.807, 2.05) is 44.2 Å². The van der Waals surface area contributed by atoms with E-state index >= 15 is 0 Å². The Morgan fingerprint density at radius 3 is 2.52 bits per heavy atom. The number of benzene rings is 3. The van der Waals surface area contributed by atoms with Gasteiger partial charge in [0, 0.05) is 10.0 Å². The van der Waals surface area contributed by atoms with Crippen LogP contribution in [0.4, 0.5) is 0 Å². The van der Waals surface area contributed by atoms with Crippen molar-refractivity contribution in [3.8, 4) is 11.5 Å². The summed E-state index contributed by atoms with van der Waals surface area (Å²) in [6.45, 7) is 3.71. The van der Waals surface area contributed by atoms with Crippen LogP contribution in [0.15, 0.2) is 76.3 Å². The van der Waals surface area contributed by atoms with Gasteiger partial charge in [0.2, 0.25) is 0 Å². The average Bonchev–Trinajstić information content (AvgIpc) is 2.74. The van der Waals surface area contributed by atoms with Gasteiger partial charge in [-0.25, -0.2) is 10.2 Å². The van der Waals surface area contributed by atoms with Crippen LogP contribution < -0.4 is 14.9 Å². The fourth-order valence-corrected chi connectivity index (χ4v) is 3.00. The highest BCUT2D eigenvalue weighted by molar-refractivity contribution is 9.10. The fraction of sp³-hybridized carbons (Fsp3) is 0.125. The summed E-state index contributed by atoms with van der Waals surface area (Å²) >= 11 is 3.38. The monoisotopic (exact) mass is 480 g/mol. The lowest BCUT2D eigenvalue weighted by molar-refractivity contribution is -0.123. The van der Waals surface area contributed by atoms with Crippen LogP contribution in [-0.2, 0) is 4.79 Å². The number of nitrogens with one attached hydrogen (secondary N) is 1. The predicted molar refractivity (Wildman–Crippen MR) is 123 cm³/mol. The second kappa shape index (κ2) is 10.5. The summed E-state index contributed by atoms with van der Waals surface area (Å²) in [6.07, 6.45) is 1.41. The third kappa shape index (κ3) is 6.79. The number of hydrogen-bond donors (Lipinski definition) is 1. The summed E-state index contributed by atoms with van der Waals surface area (Å²) in [7, 11) is 0. The minimum Gasteiger partial charge on any atom is -0.484 e. The van der Waals surface area contributed by atoms with Crippen molar-refractivity contribution in [2.24, 2.45) is 5.10 Å². The van der Waals surface area contributed by atoms with Crippen molar-refractivity contribution in [3.05, 3.63) is 93.5 Å². The summed E-state index contributed by atoms with van der Waals surface area (Å²) in [5.41, 5.74) is 5.46. The fourth-order valence-electron chi connectivity index (χ4n) is 2.62. The highest BCUT2D eigenvalue weighted by Gasteiger charge is 2.11. The van der Waals surface area contributed by atoms with Gasteiger partial charge in [-0.3, -0.25) is 4.79 Å². The van der Waals surface area contributed by atoms with E-state index in [1.54, 1.807) is 36.4 Å². The van der Waals surface area contributed by atoms with E-state index in [-0.39, 0.29) is 6.61 Å². The number of carbonyl (C=O) groups excluding carboxylic acids is 2. The van der Waals surface area contributed by atoms with Crippen LogP contribution in [-0.4, -0.2) is 24.7 Å². The Morgan fingerprint density at radius 1 is 1.00 bits per heavy atom. The van der Waals surface area contributed by atoms with Crippen molar-refractivity contribution in [2.45, 2.75) is 13.8 Å². The molecule has 0 heterocycles. The molecule has 3 rings (SSSR count). The third-order valence-corrected chi connectivity index (χ3v) is 4.71. The lowest BCUT2D eigenvalue weighted by atomic mass is 10.1. The molecule has 0 saturated carbocycles. The Kier molecular flexibility index (Phi) is 7.56. The zero-order chi connectivity index (χ0) is 22.2. The number of amides is 1. The predicted octanol–water partition coefficient (Wildman–Crippen LogP) is 4.81. The van der Waals surface area contributed by atoms with Crippen LogP contribution in [0.25, 0.3) is 0 Å². The van der Waals surface area contributed by atoms with Crippen LogP contribution in [0.2, 0.25) is 0 Å². The summed E-state index contributed by atoms with van der Waals surface area (Å²) in [6, 6.07) is 19.7. The first-order valence-corrected chi connectivity index (χ1v) is 10.3. The van der Waals surface area contributed by atoms with Crippen molar-refractivity contribution >= 4 is 34.0 Å². The highest BCUT2D eigenvalue weighted by atomic mass is 79.9. The summed E-state index contributed by atoms with van der Waals surface area (Å²) in [5.74, 6) is 0.0396. The molecule has 6 nitrogen and oxygen atoms in total. The van der Waals surface area contributed by atoms with Gasteiger partial charge in [0.15, 0.2) is 6.61 Å². The van der Waals surface area contributed by atoms with Crippen molar-refractivity contribution in [1.82, 2.24) is 5.43 Å². The van der Waals surface area contributed by atoms with Crippen molar-refractivity contribution in [2.75, 3.05) is 6.61 Å². The molecule has 0 spiro atoms. The quantitative estimate of drug-likeness (QED) is 0.227. The van der Waals surface area contributed by atoms with E-state index in [9.17, 15) is 9.59 Å². The first kappa shape index (κ1) is 22.2. The summed E-state index contributed by atoms with van der Waals surface area (Å²) in [5, 5.41) is 3.95. The Morgan fingerprint density at radius 2 is 1.77 bits per heavy atom. The van der Waals surface area contributed by atoms with Gasteiger partial charge in [-0.1, -0.05) is 45.8 Å². The maximum atomic E-state index is 12.4. The Labute approximate surface area is 189 Å². The molecule has 3 aromatic carbocycles. The van der Waals surface area contributed by atoms with Gasteiger partial charge in [0.1, 0.15) is 11.5 Å². The van der Waals surface area contributed by atoms with Gasteiger partial charge in [-0.2, -0.15) is 5.10 Å². The largest absolute Gasteiger partial charge is 0.484 e. The van der Waals surface area contributed by atoms with Gasteiger partial charge in [-0.05, 0) is 61.9 Å². The van der Waals surface area contributed by atoms with Crippen molar-refractivity contribution in [1.29, 1.82) is 0 Å². The Hall–Kier alpha value is -3.45. The summed E-state index contributed by atoms with van der Waals surface area (Å²) < 4.78 is 11.7. The van der Waals surface area contributed by atoms with E-state index in [2.05, 4.69) is 26.5 Å². The molecule has 0 bridgehead atoms. The normalized spacial score (nSPS) is 10.7. The van der Waals surface area contributed by atoms with Crippen molar-refractivity contribution in [3.63, 3.8) is 0 Å². The van der Waals surface area contributed by atoms with Crippen LogP contribution in [0.5, 0.6) is 11.5 Å². The van der Waals surface area contributed by atoms with Gasteiger partial charge in [0.25, 0.3) is 5.91 Å². The van der Waals surface area contributed by atoms with E-state index in [4.69, 9.17) is 9.47 Å². The first-order valence-electron chi connectivity index (χ1n) is 9.50. The lowest BCUT2D eigenvalue weighted by Gasteiger charge is -2.08. The minimum atomic E-state index is -0.479. The maximum Gasteiger partial charge on any atom is 0.343 e. The molecule has 0 aliphatic heterocycles. The maximum absolute atomic E-state index is 12.4. The summed E-state index contributed by atoms with van der Waals surface area (Å²) in [4.78, 5) is 24.4. The standard InChI is InChI=1S/C24H21BrN2O4/c1-16-6-8-18(9-7-16)24(29)31-22-11-10-20(25)13-19(22)14-26-27-23(28)15-30-21-5-3-4-17(2)12-21/h3-14H,15H2,1-2H3,(H,27,28)/b26-14-. The van der Waals surface area contributed by atoms with E-state index in [0.717, 1.165) is 15.6 Å². The number of hydrazone groups is 1. The molecule has 0 aliphatic rings. The first-order chi connectivity index (χ1) is 14.9. The number of esters is 1. The molecule has 1 N–H and O–H groups in total. The number of rotatable bonds is 7. The SMILES string of the molecule is Cc1ccc(C(=O)Oc2ccc(Br)cc2/C=N\NC(=O)COc2cccc(C)c2)cc1. The molecule has 158 valence electrons. The molecule has 0 unspecified atom stereocenters. The Bertz CT molecular complexity index is 1110. The highest BCUT2D eigenvalue weighted by Crippen LogP contribution is 2.23. The topological polar surface area (TPSA) is 77.0 Å². The number of carbonyl (C=O) groups is 2. The van der Waals surface area contributed by atoms with Crippen LogP contribution in [0.3, 0.4) is 0 Å². The molecule has 1 amide bonds. The molecule has 0 fully saturated rings. The van der Waals surface area contributed by atoms with E-state index in [0.29, 0.717) is 22.6 Å². The number of hydrogen-bond acceptors (Lipinski definition) is 5. The number of aryl methyl sites for hydroxylation is 2. The van der Waals surface area contributed by atoms with Crippen LogP contribution >= 0.6 is 15.9 Å². The second-order valence-electron chi connectivity index (χ2n) is 6.84. The van der Waals surface area contributed by atoms with Gasteiger partial charge in [0.05, 0.1) is 11.8 Å². The van der Waals surface area contributed by atoms with Gasteiger partial charge >= 0.3 is 5.97 Å². The zero-order valence-electron chi connectivity index (χ0n) is 17.1. The number of halogens is 1. The molecular formula is C24H21BrN2O4. The third-order valence-electron chi connectivity index (χ3n) is 4.21. The molecule has 7 heteroatoms. The molecular weight excluding hydrogens is 460 g/mol. The van der Waals surface area contributed by atoms with E-state index in [1.165, 1.54) is 6.21 Å². The van der Waals surface area contributed by atoms with E-state index < -0.39 is 11.9 Å². The molecule has 0 radical (unpaired) electrons. The Balaban J connectivity index is 1.61. The number of nitrogens with zero attached hydrogens (tertiary/aromatic N) is 1. The zero-order valence-corrected chi connectivity index (χ0v) is 18.7. The molecule has 3 aromatic rings. The average molecular weight is 481 g/mol. The van der Waals surface area contributed by atoms with Gasteiger partial charge < -0.3 is 9.47 Å². The molecule has 0 saturated heterocycles. The van der Waals surface area contributed by atoms with Crippen LogP contribution in [0.1, 0.15) is 27.0 Å². The smallest absolute Gasteiger partial charge is 0.343 e.